The fourth-order valence-electron chi connectivity index (χ4n) is 3.29. The van der Waals surface area contributed by atoms with Crippen molar-refractivity contribution in [1.29, 1.82) is 0 Å². The zero-order valence-corrected chi connectivity index (χ0v) is 14.9. The highest BCUT2D eigenvalue weighted by Gasteiger charge is 2.30. The molecule has 27 heavy (non-hydrogen) atoms. The SMILES string of the molecule is FC(F)(F)Oc1ccc(CON=Cc2ccc(C3CCCCC3)cc2)cc1. The van der Waals surface area contributed by atoms with E-state index in [1.54, 1.807) is 6.21 Å². The summed E-state index contributed by atoms with van der Waals surface area (Å²) in [6, 6.07) is 13.9. The van der Waals surface area contributed by atoms with E-state index in [-0.39, 0.29) is 12.4 Å². The Balaban J connectivity index is 1.46. The Hall–Kier alpha value is -2.50. The number of halogens is 3. The number of benzene rings is 2. The number of nitrogens with zero attached hydrogens (tertiary/aromatic N) is 1. The molecule has 0 spiro atoms. The van der Waals surface area contributed by atoms with E-state index >= 15 is 0 Å². The lowest BCUT2D eigenvalue weighted by Crippen LogP contribution is -2.17. The van der Waals surface area contributed by atoms with Gasteiger partial charge in [0.1, 0.15) is 12.4 Å². The Kier molecular flexibility index (Phi) is 6.37. The molecule has 0 unspecified atom stereocenters. The van der Waals surface area contributed by atoms with Crippen LogP contribution in [0.4, 0.5) is 13.2 Å². The Labute approximate surface area is 156 Å². The molecule has 0 amide bonds. The maximum Gasteiger partial charge on any atom is 0.573 e. The molecule has 1 saturated carbocycles. The van der Waals surface area contributed by atoms with Crippen molar-refractivity contribution in [2.45, 2.75) is 51.0 Å². The Morgan fingerprint density at radius 3 is 2.22 bits per heavy atom. The van der Waals surface area contributed by atoms with Crippen LogP contribution in [0.2, 0.25) is 0 Å². The van der Waals surface area contributed by atoms with Gasteiger partial charge in [-0.25, -0.2) is 0 Å². The topological polar surface area (TPSA) is 30.8 Å². The van der Waals surface area contributed by atoms with Crippen LogP contribution in [0, 0.1) is 0 Å². The van der Waals surface area contributed by atoms with E-state index in [9.17, 15) is 13.2 Å². The molecule has 0 heterocycles. The summed E-state index contributed by atoms with van der Waals surface area (Å²) in [4.78, 5) is 5.22. The van der Waals surface area contributed by atoms with E-state index in [4.69, 9.17) is 4.84 Å². The maximum atomic E-state index is 12.1. The van der Waals surface area contributed by atoms with Crippen LogP contribution in [0.15, 0.2) is 53.7 Å². The van der Waals surface area contributed by atoms with Crippen LogP contribution in [0.25, 0.3) is 0 Å². The normalized spacial score (nSPS) is 15.8. The van der Waals surface area contributed by atoms with E-state index in [0.717, 1.165) is 5.56 Å². The maximum absolute atomic E-state index is 12.1. The van der Waals surface area contributed by atoms with E-state index in [1.807, 2.05) is 12.1 Å². The second-order valence-corrected chi connectivity index (χ2v) is 6.70. The van der Waals surface area contributed by atoms with Gasteiger partial charge in [-0.3, -0.25) is 0 Å². The van der Waals surface area contributed by atoms with Crippen LogP contribution in [-0.4, -0.2) is 12.6 Å². The molecule has 1 aliphatic carbocycles. The first-order valence-electron chi connectivity index (χ1n) is 9.09. The highest BCUT2D eigenvalue weighted by atomic mass is 19.4. The summed E-state index contributed by atoms with van der Waals surface area (Å²) in [7, 11) is 0. The first-order valence-corrected chi connectivity index (χ1v) is 9.09. The van der Waals surface area contributed by atoms with Crippen LogP contribution >= 0.6 is 0 Å². The molecule has 0 saturated heterocycles. The van der Waals surface area contributed by atoms with Crippen molar-refractivity contribution < 1.29 is 22.7 Å². The Morgan fingerprint density at radius 1 is 0.926 bits per heavy atom. The third-order valence-corrected chi connectivity index (χ3v) is 4.68. The van der Waals surface area contributed by atoms with Crippen LogP contribution in [0.3, 0.4) is 0 Å². The molecule has 2 aromatic carbocycles. The summed E-state index contributed by atoms with van der Waals surface area (Å²) < 4.78 is 40.2. The minimum Gasteiger partial charge on any atom is -0.406 e. The number of alkyl halides is 3. The van der Waals surface area contributed by atoms with E-state index in [1.165, 1.54) is 61.9 Å². The largest absolute Gasteiger partial charge is 0.573 e. The lowest BCUT2D eigenvalue weighted by molar-refractivity contribution is -0.274. The monoisotopic (exact) mass is 377 g/mol. The lowest BCUT2D eigenvalue weighted by atomic mass is 9.84. The molecule has 144 valence electrons. The summed E-state index contributed by atoms with van der Waals surface area (Å²) >= 11 is 0. The van der Waals surface area contributed by atoms with Gasteiger partial charge in [0.15, 0.2) is 0 Å². The zero-order chi connectivity index (χ0) is 19.1. The average Bonchev–Trinajstić information content (AvgIpc) is 2.66. The van der Waals surface area contributed by atoms with Crippen LogP contribution in [0.1, 0.15) is 54.7 Å². The summed E-state index contributed by atoms with van der Waals surface area (Å²) in [6.07, 6.45) is 3.44. The molecule has 0 aliphatic heterocycles. The van der Waals surface area contributed by atoms with Gasteiger partial charge in [-0.15, -0.1) is 13.2 Å². The van der Waals surface area contributed by atoms with Gasteiger partial charge in [0.2, 0.25) is 0 Å². The first kappa shape index (κ1) is 19.3. The molecular formula is C21H22F3NO2. The lowest BCUT2D eigenvalue weighted by Gasteiger charge is -2.21. The second-order valence-electron chi connectivity index (χ2n) is 6.70. The molecule has 0 radical (unpaired) electrons. The van der Waals surface area contributed by atoms with Crippen LogP contribution < -0.4 is 4.74 Å². The Morgan fingerprint density at radius 2 is 1.59 bits per heavy atom. The molecule has 3 nitrogen and oxygen atoms in total. The van der Waals surface area contributed by atoms with Crippen molar-refractivity contribution in [3.8, 4) is 5.75 Å². The zero-order valence-electron chi connectivity index (χ0n) is 14.9. The van der Waals surface area contributed by atoms with Crippen LogP contribution in [-0.2, 0) is 11.4 Å². The minimum absolute atomic E-state index is 0.170. The summed E-state index contributed by atoms with van der Waals surface area (Å²) in [5.41, 5.74) is 3.03. The smallest absolute Gasteiger partial charge is 0.406 e. The predicted molar refractivity (Wildman–Crippen MR) is 97.8 cm³/mol. The molecule has 0 aromatic heterocycles. The van der Waals surface area contributed by atoms with Gasteiger partial charge in [0.05, 0.1) is 6.21 Å². The molecule has 6 heteroatoms. The number of hydrogen-bond donors (Lipinski definition) is 0. The molecule has 1 fully saturated rings. The average molecular weight is 377 g/mol. The van der Waals surface area contributed by atoms with Gasteiger partial charge >= 0.3 is 6.36 Å². The molecule has 0 bridgehead atoms. The van der Waals surface area contributed by atoms with Gasteiger partial charge < -0.3 is 9.57 Å². The summed E-state index contributed by atoms with van der Waals surface area (Å²) in [5, 5.41) is 3.92. The fourth-order valence-corrected chi connectivity index (χ4v) is 3.29. The van der Waals surface area contributed by atoms with Crippen molar-refractivity contribution in [1.82, 2.24) is 0 Å². The highest BCUT2D eigenvalue weighted by Crippen LogP contribution is 2.32. The molecule has 0 N–H and O–H groups in total. The van der Waals surface area contributed by atoms with Gasteiger partial charge in [0, 0.05) is 0 Å². The van der Waals surface area contributed by atoms with Crippen molar-refractivity contribution >= 4 is 6.21 Å². The molecule has 2 aromatic rings. The van der Waals surface area contributed by atoms with Gasteiger partial charge in [-0.1, -0.05) is 60.8 Å². The second kappa shape index (κ2) is 8.93. The van der Waals surface area contributed by atoms with Gasteiger partial charge in [-0.05, 0) is 47.6 Å². The third kappa shape index (κ3) is 6.31. The quantitative estimate of drug-likeness (QED) is 0.444. The number of rotatable bonds is 6. The standard InChI is InChI=1S/C21H22F3NO2/c22-21(23,24)27-20-12-8-17(9-13-20)15-26-25-14-16-6-10-19(11-7-16)18-4-2-1-3-5-18/h6-14,18H,1-5,15H2. The fraction of sp³-hybridized carbons (Fsp3) is 0.381. The van der Waals surface area contributed by atoms with Gasteiger partial charge in [-0.2, -0.15) is 0 Å². The molecule has 3 rings (SSSR count). The molecule has 0 atom stereocenters. The van der Waals surface area contributed by atoms with E-state index in [2.05, 4.69) is 22.0 Å². The van der Waals surface area contributed by atoms with Crippen molar-refractivity contribution in [3.63, 3.8) is 0 Å². The predicted octanol–water partition coefficient (Wildman–Crippen LogP) is 6.18. The highest BCUT2D eigenvalue weighted by molar-refractivity contribution is 5.79. The van der Waals surface area contributed by atoms with E-state index < -0.39 is 6.36 Å². The van der Waals surface area contributed by atoms with Crippen molar-refractivity contribution in [3.05, 3.63) is 65.2 Å². The molecular weight excluding hydrogens is 355 g/mol. The molecule has 1 aliphatic rings. The minimum atomic E-state index is -4.69. The summed E-state index contributed by atoms with van der Waals surface area (Å²) in [6.45, 7) is 0.170. The summed E-state index contributed by atoms with van der Waals surface area (Å²) in [5.74, 6) is 0.415. The van der Waals surface area contributed by atoms with E-state index in [0.29, 0.717) is 11.5 Å². The number of hydrogen-bond acceptors (Lipinski definition) is 3. The Bertz CT molecular complexity index is 734. The van der Waals surface area contributed by atoms with Crippen molar-refractivity contribution in [2.75, 3.05) is 0 Å². The van der Waals surface area contributed by atoms with Crippen LogP contribution in [0.5, 0.6) is 5.75 Å². The first-order chi connectivity index (χ1) is 13.0. The van der Waals surface area contributed by atoms with Crippen molar-refractivity contribution in [2.24, 2.45) is 5.16 Å². The number of oxime groups is 1. The van der Waals surface area contributed by atoms with Gasteiger partial charge in [0.25, 0.3) is 0 Å². The number of ether oxygens (including phenoxy) is 1. The third-order valence-electron chi connectivity index (χ3n) is 4.68.